The first-order valence-electron chi connectivity index (χ1n) is 9.66. The molecule has 1 N–H and O–H groups in total. The third kappa shape index (κ3) is 5.68. The smallest absolute Gasteiger partial charge is 0.226 e. The second kappa shape index (κ2) is 9.91. The molecule has 144 valence electrons. The summed E-state index contributed by atoms with van der Waals surface area (Å²) in [6, 6.07) is 14.2. The van der Waals surface area contributed by atoms with Crippen LogP contribution in [0.4, 0.5) is 5.69 Å². The zero-order chi connectivity index (χ0) is 19.8. The SMILES string of the molecule is CCc1cccc(CC)c1NC(=O)CCN(Cc1ccccc1C)C(C)=O. The van der Waals surface area contributed by atoms with Gasteiger partial charge < -0.3 is 10.2 Å². The molecule has 2 aromatic rings. The van der Waals surface area contributed by atoms with Crippen molar-refractivity contribution in [2.24, 2.45) is 0 Å². The lowest BCUT2D eigenvalue weighted by Crippen LogP contribution is -2.32. The van der Waals surface area contributed by atoms with Crippen molar-refractivity contribution >= 4 is 17.5 Å². The van der Waals surface area contributed by atoms with Crippen LogP contribution in [0, 0.1) is 6.92 Å². The number of hydrogen-bond acceptors (Lipinski definition) is 2. The topological polar surface area (TPSA) is 49.4 Å². The fourth-order valence-corrected chi connectivity index (χ4v) is 3.18. The standard InChI is InChI=1S/C23H30N2O2/c1-5-19-12-9-13-20(6-2)23(19)24-22(27)14-15-25(18(4)26)16-21-11-8-7-10-17(21)3/h7-13H,5-6,14-16H2,1-4H3,(H,24,27). The normalized spacial score (nSPS) is 10.5. The van der Waals surface area contributed by atoms with Crippen molar-refractivity contribution < 1.29 is 9.59 Å². The molecule has 0 bridgehead atoms. The Morgan fingerprint density at radius 2 is 1.52 bits per heavy atom. The number of anilines is 1. The summed E-state index contributed by atoms with van der Waals surface area (Å²) >= 11 is 0. The van der Waals surface area contributed by atoms with Gasteiger partial charge in [0.25, 0.3) is 0 Å². The van der Waals surface area contributed by atoms with Crippen LogP contribution in [0.25, 0.3) is 0 Å². The molecule has 0 unspecified atom stereocenters. The van der Waals surface area contributed by atoms with Crippen molar-refractivity contribution in [3.63, 3.8) is 0 Å². The first-order valence-corrected chi connectivity index (χ1v) is 9.66. The minimum Gasteiger partial charge on any atom is -0.338 e. The van der Waals surface area contributed by atoms with Crippen LogP contribution < -0.4 is 5.32 Å². The van der Waals surface area contributed by atoms with Gasteiger partial charge in [-0.15, -0.1) is 0 Å². The quantitative estimate of drug-likeness (QED) is 0.748. The zero-order valence-electron chi connectivity index (χ0n) is 16.8. The summed E-state index contributed by atoms with van der Waals surface area (Å²) in [5, 5.41) is 3.07. The Bertz CT molecular complexity index is 776. The van der Waals surface area contributed by atoms with Gasteiger partial charge in [-0.25, -0.2) is 0 Å². The number of aryl methyl sites for hydroxylation is 3. The van der Waals surface area contributed by atoms with Crippen molar-refractivity contribution in [3.05, 3.63) is 64.7 Å². The van der Waals surface area contributed by atoms with Gasteiger partial charge in [-0.1, -0.05) is 56.3 Å². The Balaban J connectivity index is 2.03. The molecule has 0 atom stereocenters. The minimum absolute atomic E-state index is 0.0192. The fraction of sp³-hybridized carbons (Fsp3) is 0.391. The molecule has 0 heterocycles. The summed E-state index contributed by atoms with van der Waals surface area (Å²) < 4.78 is 0. The van der Waals surface area contributed by atoms with E-state index in [0.29, 0.717) is 13.1 Å². The van der Waals surface area contributed by atoms with Gasteiger partial charge in [-0.2, -0.15) is 0 Å². The number of rotatable bonds is 8. The largest absolute Gasteiger partial charge is 0.338 e. The van der Waals surface area contributed by atoms with Gasteiger partial charge in [0.2, 0.25) is 11.8 Å². The number of benzene rings is 2. The van der Waals surface area contributed by atoms with E-state index in [2.05, 4.69) is 31.3 Å². The summed E-state index contributed by atoms with van der Waals surface area (Å²) in [4.78, 5) is 26.3. The Morgan fingerprint density at radius 1 is 0.926 bits per heavy atom. The molecule has 2 aromatic carbocycles. The number of nitrogens with one attached hydrogen (secondary N) is 1. The molecule has 0 aliphatic carbocycles. The molecule has 27 heavy (non-hydrogen) atoms. The van der Waals surface area contributed by atoms with E-state index in [0.717, 1.165) is 40.8 Å². The third-order valence-electron chi connectivity index (χ3n) is 4.94. The van der Waals surface area contributed by atoms with E-state index in [-0.39, 0.29) is 18.2 Å². The number of para-hydroxylation sites is 1. The highest BCUT2D eigenvalue weighted by molar-refractivity contribution is 5.92. The Hall–Kier alpha value is -2.62. The molecule has 0 radical (unpaired) electrons. The summed E-state index contributed by atoms with van der Waals surface area (Å²) in [6.07, 6.45) is 2.03. The molecule has 0 aromatic heterocycles. The van der Waals surface area contributed by atoms with Gasteiger partial charge in [0, 0.05) is 32.1 Å². The molecule has 0 saturated carbocycles. The van der Waals surface area contributed by atoms with Crippen LogP contribution in [-0.4, -0.2) is 23.3 Å². The molecule has 0 aliphatic heterocycles. The van der Waals surface area contributed by atoms with Crippen LogP contribution in [0.1, 0.15) is 49.4 Å². The summed E-state index contributed by atoms with van der Waals surface area (Å²) in [6.45, 7) is 8.70. The van der Waals surface area contributed by atoms with Gasteiger partial charge in [-0.3, -0.25) is 9.59 Å². The molecule has 2 amide bonds. The second-order valence-electron chi connectivity index (χ2n) is 6.82. The lowest BCUT2D eigenvalue weighted by molar-refractivity contribution is -0.129. The van der Waals surface area contributed by atoms with E-state index in [9.17, 15) is 9.59 Å². The molecule has 0 aliphatic rings. The van der Waals surface area contributed by atoms with E-state index < -0.39 is 0 Å². The van der Waals surface area contributed by atoms with E-state index in [1.165, 1.54) is 0 Å². The number of carbonyl (C=O) groups excluding carboxylic acids is 2. The summed E-state index contributed by atoms with van der Waals surface area (Å²) in [5.74, 6) is -0.0732. The lowest BCUT2D eigenvalue weighted by Gasteiger charge is -2.22. The van der Waals surface area contributed by atoms with Crippen molar-refractivity contribution in [1.82, 2.24) is 4.90 Å². The van der Waals surface area contributed by atoms with Crippen LogP contribution in [0.2, 0.25) is 0 Å². The maximum atomic E-state index is 12.5. The van der Waals surface area contributed by atoms with Crippen molar-refractivity contribution in [3.8, 4) is 0 Å². The molecular formula is C23H30N2O2. The van der Waals surface area contributed by atoms with E-state index >= 15 is 0 Å². The Kier molecular flexibility index (Phi) is 7.59. The average Bonchev–Trinajstić information content (AvgIpc) is 2.66. The Labute approximate surface area is 162 Å². The van der Waals surface area contributed by atoms with Gasteiger partial charge in [0.05, 0.1) is 0 Å². The average molecular weight is 367 g/mol. The van der Waals surface area contributed by atoms with Crippen LogP contribution in [-0.2, 0) is 29.0 Å². The van der Waals surface area contributed by atoms with Crippen LogP contribution in [0.3, 0.4) is 0 Å². The predicted octanol–water partition coefficient (Wildman–Crippen LogP) is 4.50. The zero-order valence-corrected chi connectivity index (χ0v) is 16.8. The molecule has 0 spiro atoms. The number of hydrogen-bond donors (Lipinski definition) is 1. The van der Waals surface area contributed by atoms with Crippen LogP contribution in [0.15, 0.2) is 42.5 Å². The lowest BCUT2D eigenvalue weighted by atomic mass is 10.0. The monoisotopic (exact) mass is 366 g/mol. The summed E-state index contributed by atoms with van der Waals surface area (Å²) in [7, 11) is 0. The third-order valence-corrected chi connectivity index (χ3v) is 4.94. The predicted molar refractivity (Wildman–Crippen MR) is 111 cm³/mol. The van der Waals surface area contributed by atoms with Crippen LogP contribution >= 0.6 is 0 Å². The molecular weight excluding hydrogens is 336 g/mol. The number of nitrogens with zero attached hydrogens (tertiary/aromatic N) is 1. The highest BCUT2D eigenvalue weighted by Crippen LogP contribution is 2.22. The van der Waals surface area contributed by atoms with E-state index in [1.54, 1.807) is 11.8 Å². The number of carbonyl (C=O) groups is 2. The molecule has 2 rings (SSSR count). The van der Waals surface area contributed by atoms with Gasteiger partial charge in [0.15, 0.2) is 0 Å². The summed E-state index contributed by atoms with van der Waals surface area (Å²) in [5.41, 5.74) is 5.48. The fourth-order valence-electron chi connectivity index (χ4n) is 3.18. The van der Waals surface area contributed by atoms with Crippen molar-refractivity contribution in [2.75, 3.05) is 11.9 Å². The molecule has 4 heteroatoms. The Morgan fingerprint density at radius 3 is 2.07 bits per heavy atom. The van der Waals surface area contributed by atoms with Gasteiger partial charge >= 0.3 is 0 Å². The number of amides is 2. The maximum Gasteiger partial charge on any atom is 0.226 e. The van der Waals surface area contributed by atoms with Gasteiger partial charge in [0.1, 0.15) is 0 Å². The van der Waals surface area contributed by atoms with Crippen molar-refractivity contribution in [2.45, 2.75) is 53.5 Å². The second-order valence-corrected chi connectivity index (χ2v) is 6.82. The molecule has 4 nitrogen and oxygen atoms in total. The molecule has 0 fully saturated rings. The van der Waals surface area contributed by atoms with Crippen LogP contribution in [0.5, 0.6) is 0 Å². The van der Waals surface area contributed by atoms with E-state index in [4.69, 9.17) is 0 Å². The minimum atomic E-state index is -0.0540. The molecule has 0 saturated heterocycles. The first kappa shape index (κ1) is 20.7. The van der Waals surface area contributed by atoms with Crippen molar-refractivity contribution in [1.29, 1.82) is 0 Å². The first-order chi connectivity index (χ1) is 13.0. The highest BCUT2D eigenvalue weighted by Gasteiger charge is 2.15. The van der Waals surface area contributed by atoms with Gasteiger partial charge in [-0.05, 0) is 42.0 Å². The van der Waals surface area contributed by atoms with E-state index in [1.807, 2.05) is 37.3 Å². The maximum absolute atomic E-state index is 12.5. The highest BCUT2D eigenvalue weighted by atomic mass is 16.2.